The number of aryl methyl sites for hydroxylation is 1. The van der Waals surface area contributed by atoms with Crippen molar-refractivity contribution in [2.24, 2.45) is 0 Å². The molecule has 1 atom stereocenters. The number of fused-ring (bicyclic) bond motifs is 1. The van der Waals surface area contributed by atoms with Gasteiger partial charge in [0.15, 0.2) is 5.65 Å². The first-order chi connectivity index (χ1) is 10.1. The van der Waals surface area contributed by atoms with Gasteiger partial charge in [0.2, 0.25) is 5.95 Å². The van der Waals surface area contributed by atoms with Crippen LogP contribution in [0.15, 0.2) is 24.7 Å². The van der Waals surface area contributed by atoms with Gasteiger partial charge >= 0.3 is 0 Å². The van der Waals surface area contributed by atoms with Crippen molar-refractivity contribution in [1.82, 2.24) is 24.4 Å². The molecule has 0 aliphatic carbocycles. The van der Waals surface area contributed by atoms with Crippen LogP contribution in [0, 0.1) is 6.92 Å². The van der Waals surface area contributed by atoms with Crippen molar-refractivity contribution in [3.8, 4) is 11.1 Å². The van der Waals surface area contributed by atoms with Gasteiger partial charge in [0, 0.05) is 30.1 Å². The summed E-state index contributed by atoms with van der Waals surface area (Å²) in [4.78, 5) is 4.16. The van der Waals surface area contributed by atoms with Crippen molar-refractivity contribution < 1.29 is 4.74 Å². The number of ether oxygens (including phenoxy) is 1. The Morgan fingerprint density at radius 1 is 1.38 bits per heavy atom. The number of pyridine rings is 1. The monoisotopic (exact) mass is 286 g/mol. The molecule has 0 radical (unpaired) electrons. The fourth-order valence-corrected chi connectivity index (χ4v) is 2.34. The number of anilines is 1. The van der Waals surface area contributed by atoms with Crippen molar-refractivity contribution in [2.75, 3.05) is 12.3 Å². The highest BCUT2D eigenvalue weighted by molar-refractivity contribution is 5.67. The fraction of sp³-hybridized carbons (Fsp3) is 0.357. The van der Waals surface area contributed by atoms with E-state index in [-0.39, 0.29) is 12.2 Å². The second kappa shape index (κ2) is 5.17. The number of nitrogens with zero attached hydrogens (tertiary/aromatic N) is 5. The predicted molar refractivity (Wildman–Crippen MR) is 79.7 cm³/mol. The molecule has 3 heterocycles. The average molecular weight is 286 g/mol. The van der Waals surface area contributed by atoms with Crippen molar-refractivity contribution in [1.29, 1.82) is 0 Å². The molecule has 0 aliphatic rings. The third-order valence-electron chi connectivity index (χ3n) is 3.39. The Morgan fingerprint density at radius 3 is 2.95 bits per heavy atom. The highest BCUT2D eigenvalue weighted by Gasteiger charge is 2.11. The van der Waals surface area contributed by atoms with E-state index < -0.39 is 0 Å². The summed E-state index contributed by atoms with van der Waals surface area (Å²) in [6.45, 7) is 6.62. The van der Waals surface area contributed by atoms with Gasteiger partial charge in [-0.15, -0.1) is 5.10 Å². The average Bonchev–Trinajstić information content (AvgIpc) is 3.03. The molecule has 7 nitrogen and oxygen atoms in total. The van der Waals surface area contributed by atoms with Crippen LogP contribution in [0.5, 0.6) is 0 Å². The molecular formula is C14H18N6O. The molecule has 21 heavy (non-hydrogen) atoms. The molecule has 3 rings (SSSR count). The van der Waals surface area contributed by atoms with Gasteiger partial charge in [-0.2, -0.15) is 10.1 Å². The molecule has 0 spiro atoms. The summed E-state index contributed by atoms with van der Waals surface area (Å²) in [5.41, 5.74) is 9.52. The van der Waals surface area contributed by atoms with Crippen LogP contribution >= 0.6 is 0 Å². The van der Waals surface area contributed by atoms with Crippen LogP contribution < -0.4 is 5.73 Å². The Labute approximate surface area is 122 Å². The summed E-state index contributed by atoms with van der Waals surface area (Å²) in [6.07, 6.45) is 5.62. The first-order valence-corrected chi connectivity index (χ1v) is 6.87. The van der Waals surface area contributed by atoms with E-state index in [1.165, 1.54) is 0 Å². The smallest absolute Gasteiger partial charge is 0.240 e. The lowest BCUT2D eigenvalue weighted by atomic mass is 10.1. The minimum atomic E-state index is -0.0881. The van der Waals surface area contributed by atoms with E-state index in [9.17, 15) is 0 Å². The lowest BCUT2D eigenvalue weighted by Crippen LogP contribution is -2.09. The molecular weight excluding hydrogens is 268 g/mol. The van der Waals surface area contributed by atoms with Gasteiger partial charge in [0.05, 0.1) is 6.20 Å². The molecule has 3 aromatic rings. The summed E-state index contributed by atoms with van der Waals surface area (Å²) in [7, 11) is 0. The zero-order valence-corrected chi connectivity index (χ0v) is 12.3. The number of aromatic nitrogens is 5. The van der Waals surface area contributed by atoms with Crippen LogP contribution in [0.2, 0.25) is 0 Å². The van der Waals surface area contributed by atoms with Gasteiger partial charge in [0.1, 0.15) is 6.23 Å². The second-order valence-electron chi connectivity index (χ2n) is 4.91. The van der Waals surface area contributed by atoms with Gasteiger partial charge in [-0.05, 0) is 32.4 Å². The van der Waals surface area contributed by atoms with Crippen molar-refractivity contribution >= 4 is 11.6 Å². The molecule has 0 amide bonds. The standard InChI is InChI=1S/C14H18N6O/c1-4-21-10(3)19-7-11(6-16-19)12-8-20-13(5-9(12)2)17-14(15)18-20/h5-8,10H,4H2,1-3H3,(H2,15,18). The zero-order chi connectivity index (χ0) is 15.0. The highest BCUT2D eigenvalue weighted by atomic mass is 16.5. The van der Waals surface area contributed by atoms with E-state index in [1.54, 1.807) is 9.20 Å². The van der Waals surface area contributed by atoms with Crippen LogP contribution in [0.3, 0.4) is 0 Å². The number of rotatable bonds is 4. The van der Waals surface area contributed by atoms with Crippen LogP contribution in [-0.2, 0) is 4.74 Å². The predicted octanol–water partition coefficient (Wildman–Crippen LogP) is 2.04. The largest absolute Gasteiger partial charge is 0.366 e. The van der Waals surface area contributed by atoms with Crippen LogP contribution in [0.1, 0.15) is 25.6 Å². The first-order valence-electron chi connectivity index (χ1n) is 6.87. The summed E-state index contributed by atoms with van der Waals surface area (Å²) >= 11 is 0. The zero-order valence-electron chi connectivity index (χ0n) is 12.3. The van der Waals surface area contributed by atoms with E-state index in [2.05, 4.69) is 15.2 Å². The van der Waals surface area contributed by atoms with Gasteiger partial charge in [-0.25, -0.2) is 9.20 Å². The van der Waals surface area contributed by atoms with Crippen molar-refractivity contribution in [3.05, 3.63) is 30.2 Å². The maximum atomic E-state index is 5.63. The van der Waals surface area contributed by atoms with E-state index >= 15 is 0 Å². The Morgan fingerprint density at radius 2 is 2.19 bits per heavy atom. The Kier molecular flexibility index (Phi) is 3.34. The third kappa shape index (κ3) is 2.47. The van der Waals surface area contributed by atoms with E-state index in [0.717, 1.165) is 22.3 Å². The van der Waals surface area contributed by atoms with Gasteiger partial charge in [-0.1, -0.05) is 0 Å². The number of nitrogen functional groups attached to an aromatic ring is 1. The highest BCUT2D eigenvalue weighted by Crippen LogP contribution is 2.25. The normalized spacial score (nSPS) is 12.9. The Balaban J connectivity index is 2.01. The number of nitrogens with two attached hydrogens (primary N) is 1. The molecule has 0 aliphatic heterocycles. The minimum absolute atomic E-state index is 0.0881. The maximum absolute atomic E-state index is 5.63. The van der Waals surface area contributed by atoms with E-state index in [0.29, 0.717) is 6.61 Å². The van der Waals surface area contributed by atoms with Gasteiger partial charge in [0.25, 0.3) is 0 Å². The number of hydrogen-bond donors (Lipinski definition) is 1. The first kappa shape index (κ1) is 13.6. The SMILES string of the molecule is CCOC(C)n1cc(-c2cn3nc(N)nc3cc2C)cn1. The summed E-state index contributed by atoms with van der Waals surface area (Å²) in [6, 6.07) is 1.96. The molecule has 1 unspecified atom stereocenters. The molecule has 110 valence electrons. The van der Waals surface area contributed by atoms with Crippen LogP contribution in [0.25, 0.3) is 16.8 Å². The van der Waals surface area contributed by atoms with E-state index in [4.69, 9.17) is 10.5 Å². The minimum Gasteiger partial charge on any atom is -0.366 e. The quantitative estimate of drug-likeness (QED) is 0.793. The summed E-state index contributed by atoms with van der Waals surface area (Å²) < 4.78 is 9.02. The van der Waals surface area contributed by atoms with E-state index in [1.807, 2.05) is 45.4 Å². The molecule has 0 saturated heterocycles. The maximum Gasteiger partial charge on any atom is 0.240 e. The summed E-state index contributed by atoms with van der Waals surface area (Å²) in [5, 5.41) is 8.50. The van der Waals surface area contributed by atoms with Crippen molar-refractivity contribution in [2.45, 2.75) is 27.0 Å². The number of hydrogen-bond acceptors (Lipinski definition) is 5. The molecule has 2 N–H and O–H groups in total. The summed E-state index contributed by atoms with van der Waals surface area (Å²) in [5.74, 6) is 0.271. The molecule has 0 bridgehead atoms. The Bertz CT molecular complexity index is 775. The molecule has 7 heteroatoms. The Hall–Kier alpha value is -2.41. The van der Waals surface area contributed by atoms with Gasteiger partial charge in [-0.3, -0.25) is 0 Å². The van der Waals surface area contributed by atoms with Crippen LogP contribution in [0.4, 0.5) is 5.95 Å². The van der Waals surface area contributed by atoms with Crippen molar-refractivity contribution in [3.63, 3.8) is 0 Å². The molecule has 0 aromatic carbocycles. The lowest BCUT2D eigenvalue weighted by molar-refractivity contribution is 0.0160. The molecule has 0 fully saturated rings. The topological polar surface area (TPSA) is 83.3 Å². The van der Waals surface area contributed by atoms with Crippen LogP contribution in [-0.4, -0.2) is 31.0 Å². The van der Waals surface area contributed by atoms with Gasteiger partial charge < -0.3 is 10.5 Å². The fourth-order valence-electron chi connectivity index (χ4n) is 2.34. The lowest BCUT2D eigenvalue weighted by Gasteiger charge is -2.11. The molecule has 0 saturated carbocycles. The second-order valence-corrected chi connectivity index (χ2v) is 4.91. The third-order valence-corrected chi connectivity index (χ3v) is 3.39. The molecule has 3 aromatic heterocycles.